The van der Waals surface area contributed by atoms with Gasteiger partial charge >= 0.3 is 0 Å². The fourth-order valence-corrected chi connectivity index (χ4v) is 3.55. The molecule has 5 nitrogen and oxygen atoms in total. The number of hydrogen-bond donors (Lipinski definition) is 1. The van der Waals surface area contributed by atoms with Gasteiger partial charge < -0.3 is 5.32 Å². The van der Waals surface area contributed by atoms with E-state index in [0.29, 0.717) is 16.8 Å². The maximum Gasteiger partial charge on any atom is 0.256 e. The molecule has 1 aliphatic rings. The molecule has 30 heavy (non-hydrogen) atoms. The van der Waals surface area contributed by atoms with Crippen molar-refractivity contribution in [3.63, 3.8) is 0 Å². The van der Waals surface area contributed by atoms with Crippen molar-refractivity contribution in [1.29, 1.82) is 0 Å². The Balaban J connectivity index is 1.44. The van der Waals surface area contributed by atoms with Gasteiger partial charge in [0.1, 0.15) is 11.5 Å². The Morgan fingerprint density at radius 2 is 1.83 bits per heavy atom. The van der Waals surface area contributed by atoms with E-state index in [0.717, 1.165) is 28.1 Å². The van der Waals surface area contributed by atoms with E-state index >= 15 is 0 Å². The molecule has 5 rings (SSSR count). The number of anilines is 1. The summed E-state index contributed by atoms with van der Waals surface area (Å²) < 4.78 is 15.4. The second kappa shape index (κ2) is 7.08. The zero-order valence-corrected chi connectivity index (χ0v) is 16.1. The highest BCUT2D eigenvalue weighted by molar-refractivity contribution is 6.34. The minimum absolute atomic E-state index is 0.235. The molecule has 1 aliphatic heterocycles. The number of fused-ring (bicyclic) bond motifs is 1. The van der Waals surface area contributed by atoms with Gasteiger partial charge in [-0.25, -0.2) is 9.07 Å². The first-order valence-corrected chi connectivity index (χ1v) is 9.50. The Bertz CT molecular complexity index is 1310. The number of hydrogen-bond acceptors (Lipinski definition) is 3. The van der Waals surface area contributed by atoms with Gasteiger partial charge in [0.05, 0.1) is 11.9 Å². The summed E-state index contributed by atoms with van der Waals surface area (Å²) >= 11 is 0. The first-order chi connectivity index (χ1) is 14.6. The number of aryl methyl sites for hydroxylation is 1. The van der Waals surface area contributed by atoms with E-state index in [1.54, 1.807) is 16.8 Å². The minimum Gasteiger partial charge on any atom is -0.321 e. The molecular formula is C24H17FN4O. The summed E-state index contributed by atoms with van der Waals surface area (Å²) in [7, 11) is 0. The van der Waals surface area contributed by atoms with E-state index in [1.807, 2.05) is 61.7 Å². The van der Waals surface area contributed by atoms with Gasteiger partial charge in [-0.05, 0) is 48.4 Å². The molecule has 0 spiro atoms. The van der Waals surface area contributed by atoms with Crippen molar-refractivity contribution in [2.75, 3.05) is 5.32 Å². The highest BCUT2D eigenvalue weighted by Crippen LogP contribution is 2.33. The molecule has 0 atom stereocenters. The lowest BCUT2D eigenvalue weighted by Crippen LogP contribution is -2.03. The van der Waals surface area contributed by atoms with E-state index in [2.05, 4.69) is 15.6 Å². The molecule has 6 heteroatoms. The van der Waals surface area contributed by atoms with Crippen molar-refractivity contribution in [1.82, 2.24) is 15.0 Å². The molecule has 0 fully saturated rings. The molecule has 2 heterocycles. The topological polar surface area (TPSA) is 59.8 Å². The van der Waals surface area contributed by atoms with Crippen LogP contribution in [0.5, 0.6) is 0 Å². The third kappa shape index (κ3) is 3.18. The minimum atomic E-state index is -0.372. The van der Waals surface area contributed by atoms with E-state index < -0.39 is 0 Å². The third-order valence-electron chi connectivity index (χ3n) is 5.14. The first-order valence-electron chi connectivity index (χ1n) is 9.50. The number of benzene rings is 3. The predicted octanol–water partition coefficient (Wildman–Crippen LogP) is 4.87. The van der Waals surface area contributed by atoms with Crippen LogP contribution < -0.4 is 5.32 Å². The standard InChI is InChI=1S/C24H17FN4O/c1-15-4-2-3-5-23(15)29-14-22(27-28-29)17-8-6-16(7-9-17)12-20-19-13-18(25)10-11-21(19)26-24(20)30/h2-14H,1H3,(H,26,30). The number of carbonyl (C=O) groups excluding carboxylic acids is 1. The summed E-state index contributed by atoms with van der Waals surface area (Å²) in [6.07, 6.45) is 3.65. The van der Waals surface area contributed by atoms with Gasteiger partial charge in [-0.2, -0.15) is 0 Å². The van der Waals surface area contributed by atoms with Crippen LogP contribution in [0.25, 0.3) is 28.6 Å². The molecule has 0 bridgehead atoms. The van der Waals surface area contributed by atoms with E-state index in [9.17, 15) is 9.18 Å². The van der Waals surface area contributed by atoms with E-state index in [4.69, 9.17) is 0 Å². The Morgan fingerprint density at radius 3 is 2.63 bits per heavy atom. The van der Waals surface area contributed by atoms with Crippen molar-refractivity contribution in [2.24, 2.45) is 0 Å². The lowest BCUT2D eigenvalue weighted by Gasteiger charge is -2.03. The second-order valence-corrected chi connectivity index (χ2v) is 7.16. The normalized spacial score (nSPS) is 14.1. The smallest absolute Gasteiger partial charge is 0.256 e. The lowest BCUT2D eigenvalue weighted by atomic mass is 10.0. The first kappa shape index (κ1) is 18.0. The Morgan fingerprint density at radius 1 is 1.03 bits per heavy atom. The molecule has 0 saturated carbocycles. The van der Waals surface area contributed by atoms with Gasteiger partial charge in [-0.15, -0.1) is 5.10 Å². The summed E-state index contributed by atoms with van der Waals surface area (Å²) in [5.74, 6) is -0.607. The van der Waals surface area contributed by atoms with Gasteiger partial charge in [0.25, 0.3) is 5.91 Å². The highest BCUT2D eigenvalue weighted by atomic mass is 19.1. The number of para-hydroxylation sites is 1. The Hall–Kier alpha value is -4.06. The van der Waals surface area contributed by atoms with Crippen LogP contribution in [0.2, 0.25) is 0 Å². The van der Waals surface area contributed by atoms with Crippen LogP contribution in [0.1, 0.15) is 16.7 Å². The summed E-state index contributed by atoms with van der Waals surface area (Å²) in [5, 5.41) is 11.3. The van der Waals surface area contributed by atoms with Crippen LogP contribution in [-0.4, -0.2) is 20.9 Å². The van der Waals surface area contributed by atoms with Crippen molar-refractivity contribution in [3.8, 4) is 16.9 Å². The molecule has 0 unspecified atom stereocenters. The highest BCUT2D eigenvalue weighted by Gasteiger charge is 2.24. The van der Waals surface area contributed by atoms with Crippen LogP contribution >= 0.6 is 0 Å². The molecule has 1 N–H and O–H groups in total. The third-order valence-corrected chi connectivity index (χ3v) is 5.14. The van der Waals surface area contributed by atoms with Gasteiger partial charge in [0.2, 0.25) is 0 Å². The van der Waals surface area contributed by atoms with E-state index in [1.165, 1.54) is 12.1 Å². The second-order valence-electron chi connectivity index (χ2n) is 7.16. The fraction of sp³-hybridized carbons (Fsp3) is 0.0417. The molecule has 1 amide bonds. The average molecular weight is 396 g/mol. The summed E-state index contributed by atoms with van der Waals surface area (Å²) in [5.41, 5.74) is 6.25. The predicted molar refractivity (Wildman–Crippen MR) is 114 cm³/mol. The van der Waals surface area contributed by atoms with Crippen LogP contribution in [0.4, 0.5) is 10.1 Å². The largest absolute Gasteiger partial charge is 0.321 e. The van der Waals surface area contributed by atoms with Crippen molar-refractivity contribution < 1.29 is 9.18 Å². The molecule has 146 valence electrons. The monoisotopic (exact) mass is 396 g/mol. The van der Waals surface area contributed by atoms with Crippen molar-refractivity contribution in [2.45, 2.75) is 6.92 Å². The van der Waals surface area contributed by atoms with Crippen molar-refractivity contribution in [3.05, 3.63) is 95.4 Å². The van der Waals surface area contributed by atoms with Gasteiger partial charge in [-0.1, -0.05) is 47.7 Å². The fourth-order valence-electron chi connectivity index (χ4n) is 3.55. The van der Waals surface area contributed by atoms with Gasteiger partial charge in [0.15, 0.2) is 0 Å². The summed E-state index contributed by atoms with van der Waals surface area (Å²) in [6.45, 7) is 2.03. The quantitative estimate of drug-likeness (QED) is 0.503. The molecule has 1 aromatic heterocycles. The van der Waals surface area contributed by atoms with Crippen LogP contribution in [-0.2, 0) is 4.79 Å². The molecular weight excluding hydrogens is 379 g/mol. The Kier molecular flexibility index (Phi) is 4.25. The van der Waals surface area contributed by atoms with Crippen LogP contribution in [0, 0.1) is 12.7 Å². The lowest BCUT2D eigenvalue weighted by molar-refractivity contribution is -0.110. The molecule has 0 radical (unpaired) electrons. The number of halogens is 1. The van der Waals surface area contributed by atoms with E-state index in [-0.39, 0.29) is 11.7 Å². The number of aromatic nitrogens is 3. The number of carbonyl (C=O) groups is 1. The summed E-state index contributed by atoms with van der Waals surface area (Å²) in [4.78, 5) is 12.3. The molecule has 0 aliphatic carbocycles. The van der Waals surface area contributed by atoms with Crippen LogP contribution in [0.3, 0.4) is 0 Å². The zero-order valence-electron chi connectivity index (χ0n) is 16.1. The average Bonchev–Trinajstić information content (AvgIpc) is 3.35. The van der Waals surface area contributed by atoms with Gasteiger partial charge in [-0.3, -0.25) is 4.79 Å². The molecule has 3 aromatic carbocycles. The maximum atomic E-state index is 13.6. The summed E-state index contributed by atoms with van der Waals surface area (Å²) in [6, 6.07) is 19.9. The van der Waals surface area contributed by atoms with Crippen molar-refractivity contribution >= 4 is 23.2 Å². The molecule has 4 aromatic rings. The number of amides is 1. The van der Waals surface area contributed by atoms with Gasteiger partial charge in [0, 0.05) is 22.4 Å². The Labute approximate surface area is 172 Å². The SMILES string of the molecule is Cc1ccccc1-n1cc(-c2ccc(C=C3C(=O)Nc4ccc(F)cc43)cc2)nn1. The zero-order chi connectivity index (χ0) is 20.7. The number of nitrogens with zero attached hydrogens (tertiary/aromatic N) is 3. The maximum absolute atomic E-state index is 13.6. The number of nitrogens with one attached hydrogen (secondary N) is 1. The number of rotatable bonds is 3. The van der Waals surface area contributed by atoms with Crippen LogP contribution in [0.15, 0.2) is 72.9 Å². The molecule has 0 saturated heterocycles.